The topological polar surface area (TPSA) is 85.9 Å². The van der Waals surface area contributed by atoms with Gasteiger partial charge in [0.1, 0.15) is 0 Å². The highest BCUT2D eigenvalue weighted by molar-refractivity contribution is 6.01. The number of hydrogen-bond acceptors (Lipinski definition) is 5. The van der Waals surface area contributed by atoms with Crippen LogP contribution in [0.15, 0.2) is 47.6 Å². The molecule has 1 amide bonds. The van der Waals surface area contributed by atoms with Gasteiger partial charge in [0.05, 0.1) is 18.9 Å². The van der Waals surface area contributed by atoms with Crippen molar-refractivity contribution in [1.29, 1.82) is 0 Å². The van der Waals surface area contributed by atoms with Gasteiger partial charge in [-0.05, 0) is 56.7 Å². The Morgan fingerprint density at radius 1 is 1.12 bits per heavy atom. The predicted octanol–water partition coefficient (Wildman–Crippen LogP) is 3.22. The number of nitrogens with zero attached hydrogens (tertiary/aromatic N) is 1. The molecule has 0 fully saturated rings. The van der Waals surface area contributed by atoms with Crippen molar-refractivity contribution < 1.29 is 14.3 Å². The number of hydrogen-bond donors (Lipinski definition) is 2. The maximum atomic E-state index is 12.3. The molecule has 0 unspecified atom stereocenters. The molecule has 0 saturated heterocycles. The highest BCUT2D eigenvalue weighted by Crippen LogP contribution is 2.28. The van der Waals surface area contributed by atoms with Crippen molar-refractivity contribution in [1.82, 2.24) is 5.43 Å². The fraction of sp³-hybridized carbons (Fsp3) is 0.263. The number of benzene rings is 2. The van der Waals surface area contributed by atoms with Crippen molar-refractivity contribution in [3.63, 3.8) is 0 Å². The second kappa shape index (κ2) is 8.19. The summed E-state index contributed by atoms with van der Waals surface area (Å²) >= 11 is 0. The number of nitrogen functional groups attached to an aromatic ring is 1. The summed E-state index contributed by atoms with van der Waals surface area (Å²) in [5, 5.41) is 4.13. The lowest BCUT2D eigenvalue weighted by molar-refractivity contribution is 0.0954. The number of amides is 1. The van der Waals surface area contributed by atoms with Gasteiger partial charge >= 0.3 is 0 Å². The Kier molecular flexibility index (Phi) is 6.00. The van der Waals surface area contributed by atoms with E-state index >= 15 is 0 Å². The minimum absolute atomic E-state index is 0.0131. The molecule has 0 atom stereocenters. The molecule has 0 aliphatic rings. The number of nitrogens with one attached hydrogen (secondary N) is 1. The fourth-order valence-electron chi connectivity index (χ4n) is 2.19. The van der Waals surface area contributed by atoms with E-state index in [1.165, 1.54) is 7.11 Å². The second-order valence-electron chi connectivity index (χ2n) is 5.80. The van der Waals surface area contributed by atoms with E-state index < -0.39 is 0 Å². The molecule has 0 aliphatic carbocycles. The zero-order valence-electron chi connectivity index (χ0n) is 14.9. The highest BCUT2D eigenvalue weighted by atomic mass is 16.5. The van der Waals surface area contributed by atoms with Gasteiger partial charge in [0.2, 0.25) is 0 Å². The van der Waals surface area contributed by atoms with Crippen LogP contribution < -0.4 is 20.6 Å². The van der Waals surface area contributed by atoms with Gasteiger partial charge in [0.25, 0.3) is 5.91 Å². The maximum Gasteiger partial charge on any atom is 0.271 e. The van der Waals surface area contributed by atoms with Crippen molar-refractivity contribution in [2.75, 3.05) is 12.8 Å². The molecule has 2 aromatic carbocycles. The van der Waals surface area contributed by atoms with Crippen LogP contribution in [-0.2, 0) is 0 Å². The summed E-state index contributed by atoms with van der Waals surface area (Å²) in [6.07, 6.45) is 0.0131. The van der Waals surface area contributed by atoms with Gasteiger partial charge in [-0.1, -0.05) is 12.1 Å². The monoisotopic (exact) mass is 341 g/mol. The van der Waals surface area contributed by atoms with Gasteiger partial charge in [-0.2, -0.15) is 5.10 Å². The number of carbonyl (C=O) groups excluding carboxylic acids is 1. The Labute approximate surface area is 147 Å². The zero-order chi connectivity index (χ0) is 18.4. The molecule has 0 bridgehead atoms. The molecule has 0 spiro atoms. The van der Waals surface area contributed by atoms with E-state index in [4.69, 9.17) is 15.2 Å². The highest BCUT2D eigenvalue weighted by Gasteiger charge is 2.12. The number of methoxy groups -OCH3 is 1. The molecular weight excluding hydrogens is 318 g/mol. The molecule has 132 valence electrons. The average molecular weight is 341 g/mol. The van der Waals surface area contributed by atoms with Crippen molar-refractivity contribution >= 4 is 17.3 Å². The molecule has 3 N–H and O–H groups in total. The number of nitrogens with two attached hydrogens (primary N) is 1. The fourth-order valence-corrected chi connectivity index (χ4v) is 2.19. The Bertz CT molecular complexity index is 785. The number of hydrazone groups is 1. The van der Waals surface area contributed by atoms with E-state index in [1.807, 2.05) is 26.0 Å². The summed E-state index contributed by atoms with van der Waals surface area (Å²) in [6.45, 7) is 5.65. The summed E-state index contributed by atoms with van der Waals surface area (Å²) in [5.41, 5.74) is 10.9. The van der Waals surface area contributed by atoms with Crippen LogP contribution in [0.1, 0.15) is 36.7 Å². The smallest absolute Gasteiger partial charge is 0.271 e. The summed E-state index contributed by atoms with van der Waals surface area (Å²) < 4.78 is 10.9. The first-order valence-electron chi connectivity index (χ1n) is 7.96. The molecule has 25 heavy (non-hydrogen) atoms. The molecule has 0 saturated carbocycles. The van der Waals surface area contributed by atoms with Gasteiger partial charge in [0, 0.05) is 11.3 Å². The van der Waals surface area contributed by atoms with Crippen LogP contribution in [0.5, 0.6) is 11.5 Å². The van der Waals surface area contributed by atoms with Crippen LogP contribution in [0.4, 0.5) is 5.69 Å². The Morgan fingerprint density at radius 2 is 1.88 bits per heavy atom. The average Bonchev–Trinajstić information content (AvgIpc) is 2.59. The van der Waals surface area contributed by atoms with Crippen LogP contribution in [0, 0.1) is 0 Å². The molecular formula is C19H23N3O3. The summed E-state index contributed by atoms with van der Waals surface area (Å²) in [6, 6.07) is 12.3. The van der Waals surface area contributed by atoms with E-state index in [9.17, 15) is 4.79 Å². The minimum Gasteiger partial charge on any atom is -0.493 e. The number of ether oxygens (including phenoxy) is 2. The van der Waals surface area contributed by atoms with Crippen LogP contribution in [0.2, 0.25) is 0 Å². The van der Waals surface area contributed by atoms with Gasteiger partial charge in [-0.25, -0.2) is 5.43 Å². The third-order valence-corrected chi connectivity index (χ3v) is 3.42. The maximum absolute atomic E-state index is 12.3. The van der Waals surface area contributed by atoms with E-state index in [-0.39, 0.29) is 12.0 Å². The molecule has 2 aromatic rings. The summed E-state index contributed by atoms with van der Waals surface area (Å²) in [4.78, 5) is 12.3. The zero-order valence-corrected chi connectivity index (χ0v) is 14.9. The van der Waals surface area contributed by atoms with E-state index in [0.717, 1.165) is 5.56 Å². The van der Waals surface area contributed by atoms with Crippen molar-refractivity contribution in [3.05, 3.63) is 53.6 Å². The number of rotatable bonds is 6. The van der Waals surface area contributed by atoms with E-state index in [2.05, 4.69) is 10.5 Å². The Balaban J connectivity index is 2.14. The lowest BCUT2D eigenvalue weighted by atomic mass is 10.1. The molecule has 0 heterocycles. The predicted molar refractivity (Wildman–Crippen MR) is 99.3 cm³/mol. The van der Waals surface area contributed by atoms with Gasteiger partial charge in [-0.15, -0.1) is 0 Å². The largest absolute Gasteiger partial charge is 0.493 e. The SMILES string of the molecule is COc1cc(C(=O)N/N=C(/C)c2cccc(N)c2)ccc1OC(C)C. The van der Waals surface area contributed by atoms with E-state index in [1.54, 1.807) is 37.3 Å². The van der Waals surface area contributed by atoms with Crippen LogP contribution in [-0.4, -0.2) is 24.8 Å². The number of carbonyl (C=O) groups is 1. The lowest BCUT2D eigenvalue weighted by Crippen LogP contribution is -2.19. The third-order valence-electron chi connectivity index (χ3n) is 3.42. The second-order valence-corrected chi connectivity index (χ2v) is 5.80. The Hall–Kier alpha value is -3.02. The normalized spacial score (nSPS) is 11.3. The quantitative estimate of drug-likeness (QED) is 0.480. The molecule has 0 aromatic heterocycles. The van der Waals surface area contributed by atoms with Crippen molar-refractivity contribution in [2.24, 2.45) is 5.10 Å². The van der Waals surface area contributed by atoms with E-state index in [0.29, 0.717) is 28.5 Å². The van der Waals surface area contributed by atoms with Crippen molar-refractivity contribution in [3.8, 4) is 11.5 Å². The summed E-state index contributed by atoms with van der Waals surface area (Å²) in [7, 11) is 1.53. The Morgan fingerprint density at radius 3 is 2.52 bits per heavy atom. The third kappa shape index (κ3) is 4.97. The van der Waals surface area contributed by atoms with Gasteiger partial charge in [-0.3, -0.25) is 4.79 Å². The number of anilines is 1. The lowest BCUT2D eigenvalue weighted by Gasteiger charge is -2.14. The van der Waals surface area contributed by atoms with Crippen molar-refractivity contribution in [2.45, 2.75) is 26.9 Å². The first-order chi connectivity index (χ1) is 11.9. The molecule has 0 aliphatic heterocycles. The molecule has 6 nitrogen and oxygen atoms in total. The van der Waals surface area contributed by atoms with Crippen LogP contribution in [0.25, 0.3) is 0 Å². The van der Waals surface area contributed by atoms with Crippen LogP contribution >= 0.6 is 0 Å². The minimum atomic E-state index is -0.336. The summed E-state index contributed by atoms with van der Waals surface area (Å²) in [5.74, 6) is 0.754. The van der Waals surface area contributed by atoms with Gasteiger partial charge < -0.3 is 15.2 Å². The standard InChI is InChI=1S/C19H23N3O3/c1-12(2)25-17-9-8-15(11-18(17)24-4)19(23)22-21-13(3)14-6-5-7-16(20)10-14/h5-12H,20H2,1-4H3,(H,22,23)/b21-13-. The first kappa shape index (κ1) is 18.3. The molecule has 0 radical (unpaired) electrons. The van der Waals surface area contributed by atoms with Gasteiger partial charge in [0.15, 0.2) is 11.5 Å². The molecule has 2 rings (SSSR count). The first-order valence-corrected chi connectivity index (χ1v) is 7.96. The van der Waals surface area contributed by atoms with Crippen LogP contribution in [0.3, 0.4) is 0 Å². The molecule has 6 heteroatoms.